The third-order valence-electron chi connectivity index (χ3n) is 3.33. The largest absolute Gasteiger partial charge is 0.394 e. The maximum atomic E-state index is 13.8. The highest BCUT2D eigenvalue weighted by molar-refractivity contribution is 4.92. The molecule has 112 valence electrons. The fraction of sp³-hybridized carbons (Fsp3) is 1.00. The Kier molecular flexibility index (Phi) is 4.38. The zero-order valence-electron chi connectivity index (χ0n) is 10.2. The molecule has 2 saturated heterocycles. The van der Waals surface area contributed by atoms with Crippen molar-refractivity contribution in [3.63, 3.8) is 0 Å². The number of alkyl halides is 1. The van der Waals surface area contributed by atoms with Gasteiger partial charge in [-0.15, -0.1) is 0 Å². The fourth-order valence-electron chi connectivity index (χ4n) is 2.21. The molecule has 2 aliphatic rings. The second kappa shape index (κ2) is 5.54. The van der Waals surface area contributed by atoms with Gasteiger partial charge >= 0.3 is 0 Å². The molecule has 0 aromatic heterocycles. The van der Waals surface area contributed by atoms with Crippen LogP contribution < -0.4 is 11.5 Å². The molecule has 7 N–H and O–H groups in total. The molecule has 2 unspecified atom stereocenters. The normalized spacial score (nSPS) is 50.8. The average molecular weight is 282 g/mol. The lowest BCUT2D eigenvalue weighted by Gasteiger charge is -2.27. The predicted octanol–water partition coefficient (Wildman–Crippen LogP) is -2.86. The van der Waals surface area contributed by atoms with E-state index >= 15 is 0 Å². The number of rotatable bonds is 4. The van der Waals surface area contributed by atoms with Crippen molar-refractivity contribution >= 4 is 0 Å². The first-order valence-electron chi connectivity index (χ1n) is 6.00. The molecular weight excluding hydrogens is 263 g/mol. The molecule has 0 saturated carbocycles. The summed E-state index contributed by atoms with van der Waals surface area (Å²) in [5.41, 5.74) is 11.1. The highest BCUT2D eigenvalue weighted by Crippen LogP contribution is 2.33. The number of nitrogens with two attached hydrogens (primary N) is 2. The average Bonchev–Trinajstić information content (AvgIpc) is 2.80. The van der Waals surface area contributed by atoms with Crippen molar-refractivity contribution in [1.82, 2.24) is 0 Å². The highest BCUT2D eigenvalue weighted by Gasteiger charge is 2.51. The van der Waals surface area contributed by atoms with Crippen LogP contribution in [0.25, 0.3) is 0 Å². The predicted molar refractivity (Wildman–Crippen MR) is 59.2 cm³/mol. The van der Waals surface area contributed by atoms with E-state index in [1.54, 1.807) is 0 Å². The van der Waals surface area contributed by atoms with E-state index in [1.165, 1.54) is 0 Å². The van der Waals surface area contributed by atoms with Gasteiger partial charge in [0.1, 0.15) is 12.2 Å². The van der Waals surface area contributed by atoms with Crippen molar-refractivity contribution in [1.29, 1.82) is 0 Å². The zero-order chi connectivity index (χ0) is 14.2. The SMILES string of the molecule is N[C@@H]1[C@@H](CO)OC(OC2(O)C[C@H](N)[C@@H](CO)O2)[C@@H]1F. The number of halogens is 1. The summed E-state index contributed by atoms with van der Waals surface area (Å²) in [6.07, 6.45) is -5.01. The third kappa shape index (κ3) is 2.88. The first-order chi connectivity index (χ1) is 8.90. The minimum Gasteiger partial charge on any atom is -0.394 e. The maximum Gasteiger partial charge on any atom is 0.284 e. The van der Waals surface area contributed by atoms with Crippen LogP contribution in [0.2, 0.25) is 0 Å². The number of hydrogen-bond acceptors (Lipinski definition) is 8. The molecule has 2 rings (SSSR count). The molecule has 0 amide bonds. The summed E-state index contributed by atoms with van der Waals surface area (Å²) < 4.78 is 28.9. The number of aliphatic hydroxyl groups excluding tert-OH is 2. The molecule has 2 fully saturated rings. The Labute approximate surface area is 109 Å². The minimum atomic E-state index is -2.13. The smallest absolute Gasteiger partial charge is 0.284 e. The summed E-state index contributed by atoms with van der Waals surface area (Å²) in [5.74, 6) is -2.13. The Bertz CT molecular complexity index is 324. The molecule has 0 radical (unpaired) electrons. The molecule has 7 atom stereocenters. The van der Waals surface area contributed by atoms with Gasteiger partial charge in [-0.25, -0.2) is 4.39 Å². The van der Waals surface area contributed by atoms with Gasteiger partial charge in [0.15, 0.2) is 12.5 Å². The quantitative estimate of drug-likeness (QED) is 0.347. The van der Waals surface area contributed by atoms with Crippen molar-refractivity contribution < 1.29 is 33.9 Å². The van der Waals surface area contributed by atoms with E-state index in [1.807, 2.05) is 0 Å². The van der Waals surface area contributed by atoms with E-state index in [0.29, 0.717) is 0 Å². The molecule has 2 aliphatic heterocycles. The lowest BCUT2D eigenvalue weighted by Crippen LogP contribution is -2.43. The first kappa shape index (κ1) is 15.0. The Morgan fingerprint density at radius 2 is 1.89 bits per heavy atom. The summed E-state index contributed by atoms with van der Waals surface area (Å²) in [6, 6.07) is -1.70. The van der Waals surface area contributed by atoms with Crippen LogP contribution in [0.3, 0.4) is 0 Å². The van der Waals surface area contributed by atoms with Crippen molar-refractivity contribution in [3.8, 4) is 0 Å². The van der Waals surface area contributed by atoms with E-state index in [4.69, 9.17) is 35.9 Å². The summed E-state index contributed by atoms with van der Waals surface area (Å²) in [4.78, 5) is 0. The molecule has 0 bridgehead atoms. The highest BCUT2D eigenvalue weighted by atomic mass is 19.1. The van der Waals surface area contributed by atoms with E-state index in [2.05, 4.69) is 0 Å². The number of ether oxygens (including phenoxy) is 3. The molecule has 0 aromatic carbocycles. The van der Waals surface area contributed by atoms with Crippen LogP contribution in [0.15, 0.2) is 0 Å². The van der Waals surface area contributed by atoms with Gasteiger partial charge in [-0.3, -0.25) is 4.74 Å². The molecule has 0 spiro atoms. The van der Waals surface area contributed by atoms with Crippen LogP contribution in [0.4, 0.5) is 4.39 Å². The zero-order valence-corrected chi connectivity index (χ0v) is 10.2. The summed E-state index contributed by atoms with van der Waals surface area (Å²) in [5, 5.41) is 27.9. The van der Waals surface area contributed by atoms with Crippen LogP contribution in [0.5, 0.6) is 0 Å². The monoisotopic (exact) mass is 282 g/mol. The van der Waals surface area contributed by atoms with E-state index in [9.17, 15) is 9.50 Å². The Morgan fingerprint density at radius 1 is 1.26 bits per heavy atom. The molecule has 8 nitrogen and oxygen atoms in total. The molecular formula is C10H19FN2O6. The first-order valence-corrected chi connectivity index (χ1v) is 6.00. The Morgan fingerprint density at radius 3 is 2.37 bits per heavy atom. The minimum absolute atomic E-state index is 0.135. The van der Waals surface area contributed by atoms with Gasteiger partial charge in [-0.2, -0.15) is 0 Å². The van der Waals surface area contributed by atoms with Gasteiger partial charge < -0.3 is 36.3 Å². The molecule has 19 heavy (non-hydrogen) atoms. The summed E-state index contributed by atoms with van der Waals surface area (Å²) in [7, 11) is 0. The lowest BCUT2D eigenvalue weighted by atomic mass is 10.1. The fourth-order valence-corrected chi connectivity index (χ4v) is 2.21. The van der Waals surface area contributed by atoms with Gasteiger partial charge in [0.25, 0.3) is 5.97 Å². The lowest BCUT2D eigenvalue weighted by molar-refractivity contribution is -0.397. The standard InChI is InChI=1S/C10H19FN2O6/c11-7-8(13)6(3-15)17-9(7)19-10(16)1-4(12)5(2-14)18-10/h4-9,14-16H,1-3,12-13H2/t4-,5+,6+,7+,8+,9?,10?/m0/s1. The molecule has 0 aliphatic carbocycles. The van der Waals surface area contributed by atoms with E-state index in [0.717, 1.165) is 0 Å². The maximum absolute atomic E-state index is 13.8. The van der Waals surface area contributed by atoms with Crippen molar-refractivity contribution in [2.24, 2.45) is 11.5 Å². The van der Waals surface area contributed by atoms with Crippen molar-refractivity contribution in [2.75, 3.05) is 13.2 Å². The topological polar surface area (TPSA) is 140 Å². The van der Waals surface area contributed by atoms with Crippen molar-refractivity contribution in [2.45, 2.75) is 49.1 Å². The van der Waals surface area contributed by atoms with Crippen LogP contribution in [-0.2, 0) is 14.2 Å². The van der Waals surface area contributed by atoms with E-state index in [-0.39, 0.29) is 6.42 Å². The van der Waals surface area contributed by atoms with Gasteiger partial charge in [-0.05, 0) is 0 Å². The third-order valence-corrected chi connectivity index (χ3v) is 3.33. The van der Waals surface area contributed by atoms with Gasteiger partial charge in [0.2, 0.25) is 0 Å². The van der Waals surface area contributed by atoms with Gasteiger partial charge in [0, 0.05) is 12.5 Å². The molecule has 2 heterocycles. The molecule has 9 heteroatoms. The number of aliphatic hydroxyl groups is 3. The Hall–Kier alpha value is -0.390. The van der Waals surface area contributed by atoms with Crippen LogP contribution in [0.1, 0.15) is 6.42 Å². The van der Waals surface area contributed by atoms with Crippen LogP contribution >= 0.6 is 0 Å². The molecule has 0 aromatic rings. The van der Waals surface area contributed by atoms with E-state index < -0.39 is 55.9 Å². The summed E-state index contributed by atoms with van der Waals surface area (Å²) in [6.45, 7) is -0.851. The summed E-state index contributed by atoms with van der Waals surface area (Å²) >= 11 is 0. The Balaban J connectivity index is 1.98. The number of hydrogen-bond donors (Lipinski definition) is 5. The van der Waals surface area contributed by atoms with Crippen molar-refractivity contribution in [3.05, 3.63) is 0 Å². The second-order valence-corrected chi connectivity index (χ2v) is 4.78. The van der Waals surface area contributed by atoms with Crippen LogP contribution in [-0.4, -0.2) is 71.3 Å². The second-order valence-electron chi connectivity index (χ2n) is 4.78. The van der Waals surface area contributed by atoms with Gasteiger partial charge in [-0.1, -0.05) is 0 Å². The van der Waals surface area contributed by atoms with Crippen LogP contribution in [0, 0.1) is 0 Å². The van der Waals surface area contributed by atoms with Gasteiger partial charge in [0.05, 0.1) is 19.3 Å².